The van der Waals surface area contributed by atoms with Crippen LogP contribution in [-0.4, -0.2) is 28.7 Å². The van der Waals surface area contributed by atoms with Gasteiger partial charge in [-0.15, -0.1) is 0 Å². The number of aromatic nitrogens is 2. The molecule has 0 aliphatic carbocycles. The summed E-state index contributed by atoms with van der Waals surface area (Å²) in [5, 5.41) is 18.1. The van der Waals surface area contributed by atoms with Gasteiger partial charge in [0.1, 0.15) is 6.07 Å². The van der Waals surface area contributed by atoms with Gasteiger partial charge in [-0.1, -0.05) is 30.3 Å². The Hall–Kier alpha value is -3.99. The summed E-state index contributed by atoms with van der Waals surface area (Å²) in [5.41, 5.74) is 0.0950. The largest absolute Gasteiger partial charge is 0.451 e. The van der Waals surface area contributed by atoms with E-state index in [1.54, 1.807) is 48.5 Å². The fraction of sp³-hybridized carbons (Fsp3) is 0.0556. The van der Waals surface area contributed by atoms with Crippen molar-refractivity contribution in [3.05, 3.63) is 70.1 Å². The van der Waals surface area contributed by atoms with Gasteiger partial charge in [0.15, 0.2) is 12.3 Å². The van der Waals surface area contributed by atoms with Crippen LogP contribution in [-0.2, 0) is 9.53 Å². The lowest BCUT2D eigenvalue weighted by atomic mass is 10.1. The minimum Gasteiger partial charge on any atom is -0.451 e. The van der Waals surface area contributed by atoms with E-state index in [-0.39, 0.29) is 5.69 Å². The van der Waals surface area contributed by atoms with Crippen LogP contribution in [0.5, 0.6) is 0 Å². The molecule has 0 fully saturated rings. The number of amides is 1. The molecule has 1 amide bonds. The van der Waals surface area contributed by atoms with E-state index in [1.807, 2.05) is 6.07 Å². The number of H-pyrrole nitrogens is 1. The SMILES string of the molecule is N#Cc1ccccc1NC(=O)COC(=O)c1n[nH]c(=O)c2ccccc12. The van der Waals surface area contributed by atoms with Crippen LogP contribution in [0.1, 0.15) is 16.1 Å². The van der Waals surface area contributed by atoms with E-state index < -0.39 is 24.0 Å². The third-order valence-electron chi connectivity index (χ3n) is 3.55. The second-order valence-corrected chi connectivity index (χ2v) is 5.23. The molecule has 1 aromatic heterocycles. The number of para-hydroxylation sites is 1. The first kappa shape index (κ1) is 16.9. The molecule has 0 atom stereocenters. The van der Waals surface area contributed by atoms with E-state index in [0.29, 0.717) is 22.0 Å². The second-order valence-electron chi connectivity index (χ2n) is 5.23. The van der Waals surface area contributed by atoms with Crippen LogP contribution in [0.3, 0.4) is 0 Å². The molecule has 8 heteroatoms. The summed E-state index contributed by atoms with van der Waals surface area (Å²) in [5.74, 6) is -1.45. The molecule has 0 saturated carbocycles. The molecule has 0 saturated heterocycles. The van der Waals surface area contributed by atoms with Crippen molar-refractivity contribution >= 4 is 28.3 Å². The number of nitrogens with one attached hydrogen (secondary N) is 2. The Bertz CT molecular complexity index is 1100. The van der Waals surface area contributed by atoms with Gasteiger partial charge in [-0.2, -0.15) is 10.4 Å². The van der Waals surface area contributed by atoms with Gasteiger partial charge in [0, 0.05) is 5.39 Å². The zero-order valence-corrected chi connectivity index (χ0v) is 13.4. The highest BCUT2D eigenvalue weighted by atomic mass is 16.5. The van der Waals surface area contributed by atoms with Gasteiger partial charge in [0.05, 0.1) is 16.6 Å². The first-order valence-electron chi connectivity index (χ1n) is 7.53. The van der Waals surface area contributed by atoms with Crippen molar-refractivity contribution in [3.63, 3.8) is 0 Å². The van der Waals surface area contributed by atoms with E-state index in [2.05, 4.69) is 15.5 Å². The van der Waals surface area contributed by atoms with Crippen LogP contribution in [0.4, 0.5) is 5.69 Å². The van der Waals surface area contributed by atoms with Crippen molar-refractivity contribution in [2.45, 2.75) is 0 Å². The molecule has 2 N–H and O–H groups in total. The number of ether oxygens (including phenoxy) is 1. The van der Waals surface area contributed by atoms with Crippen LogP contribution in [0.15, 0.2) is 53.3 Å². The van der Waals surface area contributed by atoms with Gasteiger partial charge >= 0.3 is 5.97 Å². The topological polar surface area (TPSA) is 125 Å². The van der Waals surface area contributed by atoms with Crippen LogP contribution >= 0.6 is 0 Å². The van der Waals surface area contributed by atoms with E-state index in [9.17, 15) is 14.4 Å². The Labute approximate surface area is 147 Å². The lowest BCUT2D eigenvalue weighted by molar-refractivity contribution is -0.119. The molecule has 0 radical (unpaired) electrons. The lowest BCUT2D eigenvalue weighted by Crippen LogP contribution is -2.23. The average Bonchev–Trinajstić information content (AvgIpc) is 2.67. The molecule has 2 aromatic carbocycles. The molecule has 0 aliphatic heterocycles. The zero-order valence-electron chi connectivity index (χ0n) is 13.4. The number of fused-ring (bicyclic) bond motifs is 1. The molecule has 26 heavy (non-hydrogen) atoms. The molecular formula is C18H12N4O4. The molecule has 8 nitrogen and oxygen atoms in total. The van der Waals surface area contributed by atoms with Crippen LogP contribution in [0.2, 0.25) is 0 Å². The Balaban J connectivity index is 1.72. The third-order valence-corrected chi connectivity index (χ3v) is 3.55. The van der Waals surface area contributed by atoms with Crippen LogP contribution < -0.4 is 10.9 Å². The Morgan fingerprint density at radius 2 is 1.81 bits per heavy atom. The van der Waals surface area contributed by atoms with Crippen LogP contribution in [0.25, 0.3) is 10.8 Å². The number of aromatic amines is 1. The summed E-state index contributed by atoms with van der Waals surface area (Å²) in [6.45, 7) is -0.562. The number of hydrogen-bond acceptors (Lipinski definition) is 6. The summed E-state index contributed by atoms with van der Waals surface area (Å²) in [4.78, 5) is 35.9. The first-order valence-corrected chi connectivity index (χ1v) is 7.53. The number of anilines is 1. The monoisotopic (exact) mass is 348 g/mol. The van der Waals surface area contributed by atoms with Gasteiger partial charge in [-0.3, -0.25) is 9.59 Å². The summed E-state index contributed by atoms with van der Waals surface area (Å²) in [6.07, 6.45) is 0. The fourth-order valence-electron chi connectivity index (χ4n) is 2.35. The highest BCUT2D eigenvalue weighted by molar-refractivity contribution is 6.03. The lowest BCUT2D eigenvalue weighted by Gasteiger charge is -2.08. The predicted molar refractivity (Wildman–Crippen MR) is 92.4 cm³/mol. The van der Waals surface area contributed by atoms with Gasteiger partial charge in [-0.25, -0.2) is 9.89 Å². The summed E-state index contributed by atoms with van der Waals surface area (Å²) < 4.78 is 4.97. The number of carbonyl (C=O) groups excluding carboxylic acids is 2. The Morgan fingerprint density at radius 1 is 1.12 bits per heavy atom. The van der Waals surface area contributed by atoms with E-state index >= 15 is 0 Å². The molecular weight excluding hydrogens is 336 g/mol. The standard InChI is InChI=1S/C18H12N4O4/c19-9-11-5-1-4-8-14(11)20-15(23)10-26-18(25)16-12-6-2-3-7-13(12)17(24)22-21-16/h1-8H,10H2,(H,20,23)(H,22,24). The van der Waals surface area contributed by atoms with E-state index in [1.165, 1.54) is 0 Å². The number of benzene rings is 2. The molecule has 0 bridgehead atoms. The molecule has 3 rings (SSSR count). The summed E-state index contributed by atoms with van der Waals surface area (Å²) in [7, 11) is 0. The molecule has 3 aromatic rings. The van der Waals surface area contributed by atoms with E-state index in [0.717, 1.165) is 0 Å². The van der Waals surface area contributed by atoms with Crippen molar-refractivity contribution in [2.24, 2.45) is 0 Å². The Kier molecular flexibility index (Phi) is 4.71. The first-order chi connectivity index (χ1) is 12.6. The normalized spacial score (nSPS) is 10.1. The molecule has 1 heterocycles. The van der Waals surface area contributed by atoms with Gasteiger partial charge in [0.25, 0.3) is 11.5 Å². The quantitative estimate of drug-likeness (QED) is 0.690. The van der Waals surface area contributed by atoms with Crippen molar-refractivity contribution in [2.75, 3.05) is 11.9 Å². The highest BCUT2D eigenvalue weighted by Crippen LogP contribution is 2.15. The number of nitriles is 1. The maximum atomic E-state index is 12.2. The fourth-order valence-corrected chi connectivity index (χ4v) is 2.35. The van der Waals surface area contributed by atoms with Gasteiger partial charge < -0.3 is 10.1 Å². The summed E-state index contributed by atoms with van der Waals surface area (Å²) in [6, 6.07) is 14.8. The minimum atomic E-state index is -0.846. The molecule has 0 aliphatic rings. The Morgan fingerprint density at radius 3 is 2.58 bits per heavy atom. The van der Waals surface area contributed by atoms with Crippen LogP contribution in [0, 0.1) is 11.3 Å². The number of carbonyl (C=O) groups is 2. The summed E-state index contributed by atoms with van der Waals surface area (Å²) >= 11 is 0. The second kappa shape index (κ2) is 7.27. The van der Waals surface area contributed by atoms with E-state index in [4.69, 9.17) is 10.00 Å². The van der Waals surface area contributed by atoms with Crippen molar-refractivity contribution in [1.82, 2.24) is 10.2 Å². The zero-order chi connectivity index (χ0) is 18.5. The van der Waals surface area contributed by atoms with Gasteiger partial charge in [0.2, 0.25) is 0 Å². The number of esters is 1. The van der Waals surface area contributed by atoms with Gasteiger partial charge in [-0.05, 0) is 18.2 Å². The van der Waals surface area contributed by atoms with Crippen molar-refractivity contribution in [3.8, 4) is 6.07 Å². The smallest absolute Gasteiger partial charge is 0.359 e. The van der Waals surface area contributed by atoms with Crippen molar-refractivity contribution < 1.29 is 14.3 Å². The maximum absolute atomic E-state index is 12.2. The third kappa shape index (κ3) is 3.42. The minimum absolute atomic E-state index is 0.0922. The molecule has 0 unspecified atom stereocenters. The predicted octanol–water partition coefficient (Wildman–Crippen LogP) is 1.59. The molecule has 0 spiro atoms. The highest BCUT2D eigenvalue weighted by Gasteiger charge is 2.17. The number of nitrogens with zero attached hydrogens (tertiary/aromatic N) is 2. The molecule has 128 valence electrons. The maximum Gasteiger partial charge on any atom is 0.359 e. The average molecular weight is 348 g/mol. The number of hydrogen-bond donors (Lipinski definition) is 2. The number of rotatable bonds is 4. The van der Waals surface area contributed by atoms with Crippen molar-refractivity contribution in [1.29, 1.82) is 5.26 Å².